The lowest BCUT2D eigenvalue weighted by molar-refractivity contribution is -0.384. The molecule has 2 atom stereocenters. The SMILES string of the molecule is CCCC(NCC(C)C#N)c1cccc([N+](=O)[O-])c1. The van der Waals surface area contributed by atoms with E-state index in [1.54, 1.807) is 12.1 Å². The smallest absolute Gasteiger partial charge is 0.269 e. The van der Waals surface area contributed by atoms with Gasteiger partial charge in [0.25, 0.3) is 5.69 Å². The van der Waals surface area contributed by atoms with Crippen LogP contribution in [-0.4, -0.2) is 11.5 Å². The fourth-order valence-corrected chi connectivity index (χ4v) is 1.90. The van der Waals surface area contributed by atoms with Gasteiger partial charge in [0.2, 0.25) is 0 Å². The number of nitro groups is 1. The maximum atomic E-state index is 10.8. The third kappa shape index (κ3) is 4.68. The number of benzene rings is 1. The van der Waals surface area contributed by atoms with Crippen LogP contribution < -0.4 is 5.32 Å². The first-order valence-corrected chi connectivity index (χ1v) is 6.45. The zero-order valence-corrected chi connectivity index (χ0v) is 11.3. The highest BCUT2D eigenvalue weighted by Gasteiger charge is 2.14. The van der Waals surface area contributed by atoms with Crippen molar-refractivity contribution < 1.29 is 4.92 Å². The van der Waals surface area contributed by atoms with Crippen LogP contribution in [0.5, 0.6) is 0 Å². The molecule has 2 unspecified atom stereocenters. The molecule has 19 heavy (non-hydrogen) atoms. The minimum Gasteiger partial charge on any atom is -0.309 e. The van der Waals surface area contributed by atoms with E-state index in [2.05, 4.69) is 18.3 Å². The van der Waals surface area contributed by atoms with Crippen molar-refractivity contribution in [2.75, 3.05) is 6.54 Å². The van der Waals surface area contributed by atoms with Crippen molar-refractivity contribution in [1.29, 1.82) is 5.26 Å². The van der Waals surface area contributed by atoms with Crippen molar-refractivity contribution in [2.24, 2.45) is 5.92 Å². The summed E-state index contributed by atoms with van der Waals surface area (Å²) < 4.78 is 0. The molecule has 0 heterocycles. The largest absolute Gasteiger partial charge is 0.309 e. The molecule has 102 valence electrons. The van der Waals surface area contributed by atoms with Gasteiger partial charge in [-0.25, -0.2) is 0 Å². The molecule has 0 amide bonds. The quantitative estimate of drug-likeness (QED) is 0.604. The average Bonchev–Trinajstić information content (AvgIpc) is 2.43. The molecule has 0 bridgehead atoms. The van der Waals surface area contributed by atoms with Crippen LogP contribution in [0.3, 0.4) is 0 Å². The Hall–Kier alpha value is -1.93. The first kappa shape index (κ1) is 15.1. The monoisotopic (exact) mass is 261 g/mol. The van der Waals surface area contributed by atoms with E-state index >= 15 is 0 Å². The number of nitriles is 1. The minimum absolute atomic E-state index is 0.0562. The van der Waals surface area contributed by atoms with E-state index in [-0.39, 0.29) is 22.6 Å². The second kappa shape index (κ2) is 7.49. The summed E-state index contributed by atoms with van der Waals surface area (Å²) >= 11 is 0. The van der Waals surface area contributed by atoms with Crippen LogP contribution in [0.4, 0.5) is 5.69 Å². The van der Waals surface area contributed by atoms with Gasteiger partial charge in [-0.05, 0) is 18.9 Å². The number of hydrogen-bond acceptors (Lipinski definition) is 4. The van der Waals surface area contributed by atoms with Crippen molar-refractivity contribution >= 4 is 5.69 Å². The zero-order valence-electron chi connectivity index (χ0n) is 11.3. The van der Waals surface area contributed by atoms with Crippen LogP contribution >= 0.6 is 0 Å². The number of non-ortho nitro benzene ring substituents is 1. The highest BCUT2D eigenvalue weighted by molar-refractivity contribution is 5.35. The molecule has 5 heteroatoms. The van der Waals surface area contributed by atoms with Gasteiger partial charge in [0, 0.05) is 24.7 Å². The first-order chi connectivity index (χ1) is 9.08. The van der Waals surface area contributed by atoms with Crippen molar-refractivity contribution in [1.82, 2.24) is 5.32 Å². The summed E-state index contributed by atoms with van der Waals surface area (Å²) in [6, 6.07) is 8.91. The molecule has 1 aromatic carbocycles. The highest BCUT2D eigenvalue weighted by Crippen LogP contribution is 2.22. The molecule has 0 aromatic heterocycles. The van der Waals surface area contributed by atoms with Crippen LogP contribution in [0.15, 0.2) is 24.3 Å². The fraction of sp³-hybridized carbons (Fsp3) is 0.500. The van der Waals surface area contributed by atoms with E-state index in [0.717, 1.165) is 18.4 Å². The Balaban J connectivity index is 2.83. The van der Waals surface area contributed by atoms with E-state index < -0.39 is 0 Å². The van der Waals surface area contributed by atoms with Gasteiger partial charge in [-0.1, -0.05) is 25.5 Å². The molecular formula is C14H19N3O2. The molecule has 0 spiro atoms. The Labute approximate surface area is 113 Å². The number of nitro benzene ring substituents is 1. The molecule has 1 N–H and O–H groups in total. The van der Waals surface area contributed by atoms with Gasteiger partial charge in [0.05, 0.1) is 16.9 Å². The molecule has 1 rings (SSSR count). The Bertz CT molecular complexity index is 468. The normalized spacial score (nSPS) is 13.5. The summed E-state index contributed by atoms with van der Waals surface area (Å²) in [7, 11) is 0. The van der Waals surface area contributed by atoms with Gasteiger partial charge in [0.1, 0.15) is 0 Å². The molecular weight excluding hydrogens is 242 g/mol. The maximum Gasteiger partial charge on any atom is 0.269 e. The van der Waals surface area contributed by atoms with Crippen molar-refractivity contribution in [3.63, 3.8) is 0 Å². The standard InChI is InChI=1S/C14H19N3O2/c1-3-5-14(16-10-11(2)9-15)12-6-4-7-13(8-12)17(18)19/h4,6-8,11,14,16H,3,5,10H2,1-2H3. The Kier molecular flexibility index (Phi) is 5.97. The second-order valence-electron chi connectivity index (χ2n) is 4.63. The second-order valence-corrected chi connectivity index (χ2v) is 4.63. The van der Waals surface area contributed by atoms with Crippen LogP contribution in [0, 0.1) is 27.4 Å². The number of rotatable bonds is 7. The van der Waals surface area contributed by atoms with Gasteiger partial charge in [0.15, 0.2) is 0 Å². The van der Waals surface area contributed by atoms with Gasteiger partial charge in [-0.15, -0.1) is 0 Å². The van der Waals surface area contributed by atoms with Crippen molar-refractivity contribution in [3.05, 3.63) is 39.9 Å². The summed E-state index contributed by atoms with van der Waals surface area (Å²) in [5.41, 5.74) is 1.01. The molecule has 0 aliphatic rings. The zero-order chi connectivity index (χ0) is 14.3. The molecule has 0 radical (unpaired) electrons. The van der Waals surface area contributed by atoms with E-state index in [4.69, 9.17) is 5.26 Å². The lowest BCUT2D eigenvalue weighted by atomic mass is 10.0. The lowest BCUT2D eigenvalue weighted by Crippen LogP contribution is -2.25. The third-order valence-corrected chi connectivity index (χ3v) is 2.95. The van der Waals surface area contributed by atoms with E-state index in [1.165, 1.54) is 6.07 Å². The molecule has 1 aromatic rings. The van der Waals surface area contributed by atoms with Crippen LogP contribution in [-0.2, 0) is 0 Å². The average molecular weight is 261 g/mol. The van der Waals surface area contributed by atoms with Crippen molar-refractivity contribution in [2.45, 2.75) is 32.7 Å². The molecule has 5 nitrogen and oxygen atoms in total. The highest BCUT2D eigenvalue weighted by atomic mass is 16.6. The summed E-state index contributed by atoms with van der Waals surface area (Å²) in [5.74, 6) is -0.0712. The minimum atomic E-state index is -0.385. The van der Waals surface area contributed by atoms with Crippen LogP contribution in [0.2, 0.25) is 0 Å². The van der Waals surface area contributed by atoms with E-state index in [9.17, 15) is 10.1 Å². The Morgan fingerprint density at radius 2 is 2.26 bits per heavy atom. The van der Waals surface area contributed by atoms with E-state index in [0.29, 0.717) is 6.54 Å². The Morgan fingerprint density at radius 3 is 2.84 bits per heavy atom. The molecule has 0 saturated heterocycles. The van der Waals surface area contributed by atoms with Crippen LogP contribution in [0.1, 0.15) is 38.3 Å². The summed E-state index contributed by atoms with van der Waals surface area (Å²) in [6.45, 7) is 4.51. The van der Waals surface area contributed by atoms with Gasteiger partial charge in [-0.2, -0.15) is 5.26 Å². The summed E-state index contributed by atoms with van der Waals surface area (Å²) in [6.07, 6.45) is 1.86. The van der Waals surface area contributed by atoms with Crippen molar-refractivity contribution in [3.8, 4) is 6.07 Å². The molecule has 0 fully saturated rings. The fourth-order valence-electron chi connectivity index (χ4n) is 1.90. The number of hydrogen-bond donors (Lipinski definition) is 1. The van der Waals surface area contributed by atoms with E-state index in [1.807, 2.05) is 13.0 Å². The third-order valence-electron chi connectivity index (χ3n) is 2.95. The topological polar surface area (TPSA) is 79.0 Å². The van der Waals surface area contributed by atoms with Gasteiger partial charge >= 0.3 is 0 Å². The maximum absolute atomic E-state index is 10.8. The summed E-state index contributed by atoms with van der Waals surface area (Å²) in [5, 5.41) is 22.9. The lowest BCUT2D eigenvalue weighted by Gasteiger charge is -2.19. The van der Waals surface area contributed by atoms with Gasteiger partial charge < -0.3 is 5.32 Å². The first-order valence-electron chi connectivity index (χ1n) is 6.45. The number of nitrogens with one attached hydrogen (secondary N) is 1. The predicted molar refractivity (Wildman–Crippen MR) is 73.5 cm³/mol. The Morgan fingerprint density at radius 1 is 1.53 bits per heavy atom. The molecule has 0 aliphatic carbocycles. The van der Waals surface area contributed by atoms with Crippen LogP contribution in [0.25, 0.3) is 0 Å². The molecule has 0 aliphatic heterocycles. The summed E-state index contributed by atoms with van der Waals surface area (Å²) in [4.78, 5) is 10.4. The van der Waals surface area contributed by atoms with Gasteiger partial charge in [-0.3, -0.25) is 10.1 Å². The molecule has 0 saturated carbocycles. The number of nitrogens with zero attached hydrogens (tertiary/aromatic N) is 2. The predicted octanol–water partition coefficient (Wildman–Crippen LogP) is 3.19.